The maximum atomic E-state index is 11.8. The van der Waals surface area contributed by atoms with E-state index >= 15 is 0 Å². The van der Waals surface area contributed by atoms with Crippen LogP contribution in [0.3, 0.4) is 0 Å². The zero-order chi connectivity index (χ0) is 14.0. The molecule has 1 aliphatic rings. The van der Waals surface area contributed by atoms with Crippen LogP contribution >= 0.6 is 0 Å². The lowest BCUT2D eigenvalue weighted by molar-refractivity contribution is -0.139. The van der Waals surface area contributed by atoms with E-state index in [2.05, 4.69) is 5.32 Å². The van der Waals surface area contributed by atoms with E-state index in [9.17, 15) is 14.4 Å². The second-order valence-electron chi connectivity index (χ2n) is 4.55. The second-order valence-corrected chi connectivity index (χ2v) is 4.55. The molecule has 1 fully saturated rings. The Hall–Kier alpha value is -2.37. The minimum Gasteiger partial charge on any atom is -0.366 e. The minimum absolute atomic E-state index is 0.0186. The number of amides is 3. The van der Waals surface area contributed by atoms with Crippen LogP contribution in [0.1, 0.15) is 17.3 Å². The fraction of sp³-hybridized carbons (Fsp3) is 0.308. The van der Waals surface area contributed by atoms with Crippen LogP contribution in [0.25, 0.3) is 0 Å². The number of nitrogens with zero attached hydrogens (tertiary/aromatic N) is 1. The molecule has 3 amide bonds. The van der Waals surface area contributed by atoms with E-state index in [0.717, 1.165) is 0 Å². The van der Waals surface area contributed by atoms with Crippen LogP contribution < -0.4 is 11.1 Å². The Morgan fingerprint density at radius 3 is 2.26 bits per heavy atom. The van der Waals surface area contributed by atoms with Crippen molar-refractivity contribution in [1.29, 1.82) is 0 Å². The molecule has 6 nitrogen and oxygen atoms in total. The number of rotatable bonds is 3. The van der Waals surface area contributed by atoms with Crippen LogP contribution in [-0.2, 0) is 9.59 Å². The van der Waals surface area contributed by atoms with E-state index in [0.29, 0.717) is 24.3 Å². The van der Waals surface area contributed by atoms with Gasteiger partial charge in [0.1, 0.15) is 0 Å². The summed E-state index contributed by atoms with van der Waals surface area (Å²) >= 11 is 0. The Bertz CT molecular complexity index is 518. The molecule has 0 saturated carbocycles. The average Bonchev–Trinajstić information content (AvgIpc) is 2.26. The van der Waals surface area contributed by atoms with Crippen LogP contribution in [0.15, 0.2) is 24.3 Å². The zero-order valence-electron chi connectivity index (χ0n) is 10.6. The molecule has 0 unspecified atom stereocenters. The van der Waals surface area contributed by atoms with Crippen molar-refractivity contribution in [2.45, 2.75) is 6.92 Å². The van der Waals surface area contributed by atoms with Crippen LogP contribution in [0, 0.1) is 5.92 Å². The van der Waals surface area contributed by atoms with Crippen molar-refractivity contribution in [2.75, 3.05) is 18.4 Å². The fourth-order valence-corrected chi connectivity index (χ4v) is 1.86. The molecular formula is C13H15N3O3. The Morgan fingerprint density at radius 1 is 1.21 bits per heavy atom. The Labute approximate surface area is 110 Å². The van der Waals surface area contributed by atoms with Gasteiger partial charge in [-0.3, -0.25) is 14.4 Å². The van der Waals surface area contributed by atoms with Gasteiger partial charge in [-0.15, -0.1) is 0 Å². The standard InChI is InChI=1S/C13H15N3O3/c1-8(17)16-6-10(7-16)13(19)15-11-4-2-9(3-5-11)12(14)18/h2-5,10H,6-7H2,1H3,(H2,14,18)(H,15,19). The van der Waals surface area contributed by atoms with Crippen molar-refractivity contribution in [3.05, 3.63) is 29.8 Å². The molecule has 1 aliphatic heterocycles. The molecule has 0 radical (unpaired) electrons. The molecule has 1 aromatic carbocycles. The van der Waals surface area contributed by atoms with Gasteiger partial charge in [-0.25, -0.2) is 0 Å². The van der Waals surface area contributed by atoms with Crippen LogP contribution in [0.4, 0.5) is 5.69 Å². The number of anilines is 1. The van der Waals surface area contributed by atoms with Crippen molar-refractivity contribution < 1.29 is 14.4 Å². The van der Waals surface area contributed by atoms with E-state index in [4.69, 9.17) is 5.73 Å². The lowest BCUT2D eigenvalue weighted by Gasteiger charge is -2.37. The van der Waals surface area contributed by atoms with Gasteiger partial charge in [0.15, 0.2) is 0 Å². The molecule has 0 aromatic heterocycles. The first-order chi connectivity index (χ1) is 8.97. The van der Waals surface area contributed by atoms with Gasteiger partial charge in [0, 0.05) is 31.3 Å². The summed E-state index contributed by atoms with van der Waals surface area (Å²) in [7, 11) is 0. The average molecular weight is 261 g/mol. The highest BCUT2D eigenvalue weighted by Gasteiger charge is 2.33. The molecule has 1 heterocycles. The summed E-state index contributed by atoms with van der Waals surface area (Å²) in [6.07, 6.45) is 0. The highest BCUT2D eigenvalue weighted by Crippen LogP contribution is 2.18. The van der Waals surface area contributed by atoms with Gasteiger partial charge in [-0.2, -0.15) is 0 Å². The molecule has 0 atom stereocenters. The smallest absolute Gasteiger partial charge is 0.248 e. The van der Waals surface area contributed by atoms with Crippen LogP contribution in [-0.4, -0.2) is 35.7 Å². The minimum atomic E-state index is -0.506. The first-order valence-electron chi connectivity index (χ1n) is 5.93. The van der Waals surface area contributed by atoms with Crippen molar-refractivity contribution in [3.63, 3.8) is 0 Å². The molecule has 0 bridgehead atoms. The number of carbonyl (C=O) groups is 3. The van der Waals surface area contributed by atoms with Gasteiger partial charge < -0.3 is 16.0 Å². The Balaban J connectivity index is 1.89. The highest BCUT2D eigenvalue weighted by atomic mass is 16.2. The first-order valence-corrected chi connectivity index (χ1v) is 5.93. The summed E-state index contributed by atoms with van der Waals surface area (Å²) in [5, 5.41) is 2.74. The van der Waals surface area contributed by atoms with Crippen molar-refractivity contribution in [2.24, 2.45) is 11.7 Å². The maximum absolute atomic E-state index is 11.8. The number of hydrogen-bond acceptors (Lipinski definition) is 3. The predicted molar refractivity (Wildman–Crippen MR) is 69.3 cm³/mol. The summed E-state index contributed by atoms with van der Waals surface area (Å²) in [5.41, 5.74) is 6.12. The predicted octanol–water partition coefficient (Wildman–Crippen LogP) is 0.202. The Morgan fingerprint density at radius 2 is 1.79 bits per heavy atom. The highest BCUT2D eigenvalue weighted by molar-refractivity contribution is 5.96. The van der Waals surface area contributed by atoms with Gasteiger partial charge in [0.05, 0.1) is 5.92 Å². The summed E-state index contributed by atoms with van der Waals surface area (Å²) in [4.78, 5) is 35.4. The van der Waals surface area contributed by atoms with E-state index in [-0.39, 0.29) is 17.7 Å². The molecular weight excluding hydrogens is 246 g/mol. The van der Waals surface area contributed by atoms with Crippen molar-refractivity contribution in [3.8, 4) is 0 Å². The molecule has 0 spiro atoms. The topological polar surface area (TPSA) is 92.5 Å². The SMILES string of the molecule is CC(=O)N1CC(C(=O)Nc2ccc(C(N)=O)cc2)C1. The monoisotopic (exact) mass is 261 g/mol. The van der Waals surface area contributed by atoms with E-state index in [1.165, 1.54) is 6.92 Å². The Kier molecular flexibility index (Phi) is 3.50. The number of likely N-dealkylation sites (tertiary alicyclic amines) is 1. The fourth-order valence-electron chi connectivity index (χ4n) is 1.86. The molecule has 0 aliphatic carbocycles. The van der Waals surface area contributed by atoms with Gasteiger partial charge in [-0.05, 0) is 24.3 Å². The third-order valence-electron chi connectivity index (χ3n) is 3.13. The molecule has 2 rings (SSSR count). The summed E-state index contributed by atoms with van der Waals surface area (Å²) < 4.78 is 0. The van der Waals surface area contributed by atoms with Gasteiger partial charge >= 0.3 is 0 Å². The van der Waals surface area contributed by atoms with Gasteiger partial charge in [0.2, 0.25) is 17.7 Å². The normalized spacial score (nSPS) is 14.7. The third-order valence-corrected chi connectivity index (χ3v) is 3.13. The van der Waals surface area contributed by atoms with Crippen LogP contribution in [0.5, 0.6) is 0 Å². The van der Waals surface area contributed by atoms with Crippen LogP contribution in [0.2, 0.25) is 0 Å². The number of carbonyl (C=O) groups excluding carboxylic acids is 3. The lowest BCUT2D eigenvalue weighted by Crippen LogP contribution is -2.53. The summed E-state index contributed by atoms with van der Waals surface area (Å²) in [5.74, 6) is -0.812. The maximum Gasteiger partial charge on any atom is 0.248 e. The quantitative estimate of drug-likeness (QED) is 0.814. The van der Waals surface area contributed by atoms with E-state index in [1.807, 2.05) is 0 Å². The third kappa shape index (κ3) is 2.90. The van der Waals surface area contributed by atoms with Gasteiger partial charge in [0.25, 0.3) is 0 Å². The first kappa shape index (κ1) is 13.1. The van der Waals surface area contributed by atoms with Gasteiger partial charge in [-0.1, -0.05) is 0 Å². The number of primary amides is 1. The molecule has 6 heteroatoms. The lowest BCUT2D eigenvalue weighted by atomic mass is 9.99. The molecule has 100 valence electrons. The zero-order valence-corrected chi connectivity index (χ0v) is 10.6. The number of hydrogen-bond donors (Lipinski definition) is 2. The van der Waals surface area contributed by atoms with Crippen molar-refractivity contribution in [1.82, 2.24) is 4.90 Å². The largest absolute Gasteiger partial charge is 0.366 e. The molecule has 19 heavy (non-hydrogen) atoms. The molecule has 1 saturated heterocycles. The second kappa shape index (κ2) is 5.09. The number of nitrogens with one attached hydrogen (secondary N) is 1. The molecule has 1 aromatic rings. The van der Waals surface area contributed by atoms with Crippen molar-refractivity contribution >= 4 is 23.4 Å². The molecule has 3 N–H and O–H groups in total. The number of nitrogens with two attached hydrogens (primary N) is 1. The summed E-state index contributed by atoms with van der Waals surface area (Å²) in [6, 6.07) is 6.36. The van der Waals surface area contributed by atoms with E-state index in [1.54, 1.807) is 29.2 Å². The van der Waals surface area contributed by atoms with E-state index < -0.39 is 5.91 Å². The number of benzene rings is 1. The summed E-state index contributed by atoms with van der Waals surface area (Å²) in [6.45, 7) is 2.40.